The highest BCUT2D eigenvalue weighted by atomic mass is 31.2. The number of hydrogen-bond donors (Lipinski definition) is 2. The normalized spacial score (nSPS) is 11.9. The van der Waals surface area contributed by atoms with Gasteiger partial charge in [-0.3, -0.25) is 4.99 Å². The van der Waals surface area contributed by atoms with E-state index in [-0.39, 0.29) is 6.04 Å². The molecule has 126 valence electrons. The van der Waals surface area contributed by atoms with Crippen LogP contribution in [0, 0.1) is 0 Å². The SMILES string of the molecule is OP(O)C(Cc1ccccc1)=NC(c1ccccc1)c1ccccc1. The Hall–Kier alpha value is -2.32. The fourth-order valence-corrected chi connectivity index (χ4v) is 3.25. The van der Waals surface area contributed by atoms with E-state index in [9.17, 15) is 9.79 Å². The molecular weight excluding hydrogens is 329 g/mol. The minimum Gasteiger partial charge on any atom is -0.346 e. The van der Waals surface area contributed by atoms with Crippen molar-refractivity contribution in [3.8, 4) is 0 Å². The summed E-state index contributed by atoms with van der Waals surface area (Å²) in [4.78, 5) is 24.6. The average Bonchev–Trinajstić information content (AvgIpc) is 2.67. The van der Waals surface area contributed by atoms with Gasteiger partial charge in [0.15, 0.2) is 0 Å². The van der Waals surface area contributed by atoms with Crippen LogP contribution >= 0.6 is 8.38 Å². The fraction of sp³-hybridized carbons (Fsp3) is 0.0952. The van der Waals surface area contributed by atoms with Crippen molar-refractivity contribution in [1.29, 1.82) is 0 Å². The molecule has 3 nitrogen and oxygen atoms in total. The Bertz CT molecular complexity index is 766. The molecule has 0 radical (unpaired) electrons. The van der Waals surface area contributed by atoms with Crippen LogP contribution in [0.5, 0.6) is 0 Å². The summed E-state index contributed by atoms with van der Waals surface area (Å²) in [5.41, 5.74) is 3.47. The number of aliphatic imine (C=N–C) groups is 1. The molecule has 0 aliphatic carbocycles. The Labute approximate surface area is 149 Å². The molecule has 0 saturated carbocycles. The monoisotopic (exact) mass is 349 g/mol. The lowest BCUT2D eigenvalue weighted by atomic mass is 9.99. The maximum atomic E-state index is 9.91. The van der Waals surface area contributed by atoms with Crippen molar-refractivity contribution in [2.45, 2.75) is 12.5 Å². The van der Waals surface area contributed by atoms with Gasteiger partial charge < -0.3 is 9.79 Å². The van der Waals surface area contributed by atoms with Crippen molar-refractivity contribution < 1.29 is 9.79 Å². The van der Waals surface area contributed by atoms with Crippen molar-refractivity contribution >= 4 is 13.8 Å². The smallest absolute Gasteiger partial charge is 0.214 e. The Morgan fingerprint density at radius 3 is 1.60 bits per heavy atom. The first-order valence-electron chi connectivity index (χ1n) is 8.12. The van der Waals surface area contributed by atoms with Crippen LogP contribution in [-0.4, -0.2) is 15.2 Å². The lowest BCUT2D eigenvalue weighted by Gasteiger charge is -2.17. The zero-order chi connectivity index (χ0) is 17.5. The summed E-state index contributed by atoms with van der Waals surface area (Å²) in [5, 5.41) is 0. The van der Waals surface area contributed by atoms with Gasteiger partial charge in [0.1, 0.15) is 6.04 Å². The molecule has 3 aromatic rings. The van der Waals surface area contributed by atoms with Gasteiger partial charge in [0.2, 0.25) is 8.38 Å². The molecule has 0 atom stereocenters. The molecule has 0 saturated heterocycles. The highest BCUT2D eigenvalue weighted by molar-refractivity contribution is 7.64. The van der Waals surface area contributed by atoms with Crippen molar-refractivity contribution in [3.63, 3.8) is 0 Å². The first-order chi connectivity index (χ1) is 12.2. The second-order valence-electron chi connectivity index (χ2n) is 5.72. The molecule has 0 bridgehead atoms. The second kappa shape index (κ2) is 8.68. The van der Waals surface area contributed by atoms with E-state index in [1.807, 2.05) is 91.0 Å². The number of hydrogen-bond acceptors (Lipinski definition) is 3. The highest BCUT2D eigenvalue weighted by Crippen LogP contribution is 2.34. The Balaban J connectivity index is 2.00. The van der Waals surface area contributed by atoms with E-state index < -0.39 is 8.38 Å². The number of nitrogens with zero attached hydrogens (tertiary/aromatic N) is 1. The van der Waals surface area contributed by atoms with E-state index in [0.29, 0.717) is 11.9 Å². The van der Waals surface area contributed by atoms with Gasteiger partial charge in [-0.1, -0.05) is 91.0 Å². The van der Waals surface area contributed by atoms with Gasteiger partial charge in [-0.05, 0) is 16.7 Å². The summed E-state index contributed by atoms with van der Waals surface area (Å²) in [6.45, 7) is 0. The van der Waals surface area contributed by atoms with Crippen LogP contribution in [0.2, 0.25) is 0 Å². The molecule has 0 heterocycles. The van der Waals surface area contributed by atoms with Gasteiger partial charge in [0.25, 0.3) is 0 Å². The zero-order valence-electron chi connectivity index (χ0n) is 13.7. The predicted molar refractivity (Wildman–Crippen MR) is 104 cm³/mol. The molecule has 3 aromatic carbocycles. The minimum atomic E-state index is -2.25. The lowest BCUT2D eigenvalue weighted by molar-refractivity contribution is 0.499. The van der Waals surface area contributed by atoms with Gasteiger partial charge in [0, 0.05) is 6.42 Å². The molecular formula is C21H20NO2P. The summed E-state index contributed by atoms with van der Waals surface area (Å²) in [5.74, 6) is 0. The Morgan fingerprint density at radius 1 is 0.720 bits per heavy atom. The molecule has 0 aliphatic heterocycles. The van der Waals surface area contributed by atoms with E-state index >= 15 is 0 Å². The molecule has 4 heteroatoms. The van der Waals surface area contributed by atoms with Crippen LogP contribution in [-0.2, 0) is 6.42 Å². The van der Waals surface area contributed by atoms with Crippen LogP contribution < -0.4 is 0 Å². The molecule has 3 rings (SSSR count). The van der Waals surface area contributed by atoms with Gasteiger partial charge in [0.05, 0.1) is 5.45 Å². The molecule has 0 unspecified atom stereocenters. The maximum Gasteiger partial charge on any atom is 0.214 e. The molecule has 0 spiro atoms. The van der Waals surface area contributed by atoms with Gasteiger partial charge in [-0.2, -0.15) is 0 Å². The van der Waals surface area contributed by atoms with Gasteiger partial charge in [-0.25, -0.2) is 0 Å². The second-order valence-corrected chi connectivity index (χ2v) is 6.82. The first-order valence-corrected chi connectivity index (χ1v) is 9.37. The quantitative estimate of drug-likeness (QED) is 0.500. The van der Waals surface area contributed by atoms with E-state index in [0.717, 1.165) is 16.7 Å². The van der Waals surface area contributed by atoms with Crippen molar-refractivity contribution in [1.82, 2.24) is 0 Å². The Kier molecular flexibility index (Phi) is 6.08. The first kappa shape index (κ1) is 17.5. The van der Waals surface area contributed by atoms with E-state index in [4.69, 9.17) is 4.99 Å². The summed E-state index contributed by atoms with van der Waals surface area (Å²) in [6.07, 6.45) is 0.426. The third-order valence-corrected chi connectivity index (χ3v) is 4.68. The molecule has 0 fully saturated rings. The predicted octanol–water partition coefficient (Wildman–Crippen LogP) is 4.71. The third kappa shape index (κ3) is 4.83. The van der Waals surface area contributed by atoms with Gasteiger partial charge in [-0.15, -0.1) is 0 Å². The van der Waals surface area contributed by atoms with Crippen molar-refractivity contribution in [2.24, 2.45) is 4.99 Å². The van der Waals surface area contributed by atoms with Crippen molar-refractivity contribution in [2.75, 3.05) is 0 Å². The molecule has 2 N–H and O–H groups in total. The van der Waals surface area contributed by atoms with Crippen LogP contribution in [0.3, 0.4) is 0 Å². The number of benzene rings is 3. The van der Waals surface area contributed by atoms with E-state index in [1.54, 1.807) is 0 Å². The molecule has 0 aromatic heterocycles. The van der Waals surface area contributed by atoms with Crippen LogP contribution in [0.15, 0.2) is 96.0 Å². The summed E-state index contributed by atoms with van der Waals surface area (Å²) < 4.78 is 0. The van der Waals surface area contributed by atoms with Gasteiger partial charge >= 0.3 is 0 Å². The molecule has 0 aliphatic rings. The maximum absolute atomic E-state index is 9.91. The Morgan fingerprint density at radius 2 is 1.16 bits per heavy atom. The minimum absolute atomic E-state index is 0.259. The average molecular weight is 349 g/mol. The van der Waals surface area contributed by atoms with E-state index in [2.05, 4.69) is 0 Å². The summed E-state index contributed by atoms with van der Waals surface area (Å²) in [7, 11) is -2.25. The van der Waals surface area contributed by atoms with E-state index in [1.165, 1.54) is 0 Å². The largest absolute Gasteiger partial charge is 0.346 e. The zero-order valence-corrected chi connectivity index (χ0v) is 14.6. The molecule has 25 heavy (non-hydrogen) atoms. The fourth-order valence-electron chi connectivity index (χ4n) is 2.71. The molecule has 0 amide bonds. The highest BCUT2D eigenvalue weighted by Gasteiger charge is 2.18. The summed E-state index contributed by atoms with van der Waals surface area (Å²) in [6, 6.07) is 29.4. The van der Waals surface area contributed by atoms with Crippen molar-refractivity contribution in [3.05, 3.63) is 108 Å². The number of rotatable bonds is 6. The van der Waals surface area contributed by atoms with Crippen LogP contribution in [0.1, 0.15) is 22.7 Å². The summed E-state index contributed by atoms with van der Waals surface area (Å²) >= 11 is 0. The van der Waals surface area contributed by atoms with Crippen LogP contribution in [0.4, 0.5) is 0 Å². The lowest BCUT2D eigenvalue weighted by Crippen LogP contribution is -2.07. The third-order valence-electron chi connectivity index (χ3n) is 3.94. The standard InChI is InChI=1S/C21H20NO2P/c23-25(24)20(16-17-10-4-1-5-11-17)22-21(18-12-6-2-7-13-18)19-14-8-3-9-15-19/h1-15,21,23-24H,16H2. The van der Waals surface area contributed by atoms with Crippen LogP contribution in [0.25, 0.3) is 0 Å². The topological polar surface area (TPSA) is 52.8 Å².